The van der Waals surface area contributed by atoms with Crippen molar-refractivity contribution in [2.45, 2.75) is 25.8 Å². The molecule has 0 amide bonds. The van der Waals surface area contributed by atoms with E-state index in [0.717, 1.165) is 30.8 Å². The van der Waals surface area contributed by atoms with Gasteiger partial charge < -0.3 is 5.73 Å². The molecule has 0 aliphatic heterocycles. The highest BCUT2D eigenvalue weighted by Crippen LogP contribution is 2.05. The highest BCUT2D eigenvalue weighted by atomic mass is 15.5. The van der Waals surface area contributed by atoms with E-state index in [9.17, 15) is 0 Å². The van der Waals surface area contributed by atoms with Gasteiger partial charge >= 0.3 is 0 Å². The molecule has 2 N–H and O–H groups in total. The molecule has 0 bridgehead atoms. The van der Waals surface area contributed by atoms with Crippen LogP contribution in [0.15, 0.2) is 24.5 Å². The van der Waals surface area contributed by atoms with Crippen molar-refractivity contribution in [3.8, 4) is 0 Å². The standard InChI is InChI=1S/C11H16N6/c12-5-1-2-7-17-11(14-15-16-17)8-10-4-3-6-13-9-10/h3-4,6,9H,1-2,5,7-8,12H2. The molecule has 0 aliphatic rings. The van der Waals surface area contributed by atoms with Gasteiger partial charge in [0.15, 0.2) is 5.82 Å². The molecule has 0 saturated carbocycles. The predicted octanol–water partition coefficient (Wildman–Crippen LogP) is 0.398. The van der Waals surface area contributed by atoms with Crippen LogP contribution in [-0.2, 0) is 13.0 Å². The minimum absolute atomic E-state index is 0.708. The average molecular weight is 232 g/mol. The van der Waals surface area contributed by atoms with Gasteiger partial charge in [-0.2, -0.15) is 0 Å². The summed E-state index contributed by atoms with van der Waals surface area (Å²) < 4.78 is 1.84. The maximum Gasteiger partial charge on any atom is 0.155 e. The lowest BCUT2D eigenvalue weighted by Gasteiger charge is -2.03. The molecule has 6 nitrogen and oxygen atoms in total. The first-order valence-electron chi connectivity index (χ1n) is 5.74. The molecule has 0 aliphatic carbocycles. The van der Waals surface area contributed by atoms with E-state index >= 15 is 0 Å². The van der Waals surface area contributed by atoms with Crippen LogP contribution in [0, 0.1) is 0 Å². The second kappa shape index (κ2) is 6.05. The van der Waals surface area contributed by atoms with Gasteiger partial charge in [-0.1, -0.05) is 6.07 Å². The van der Waals surface area contributed by atoms with Crippen LogP contribution < -0.4 is 5.73 Å². The zero-order valence-electron chi connectivity index (χ0n) is 9.66. The normalized spacial score (nSPS) is 10.6. The zero-order chi connectivity index (χ0) is 11.9. The smallest absolute Gasteiger partial charge is 0.155 e. The summed E-state index contributed by atoms with van der Waals surface area (Å²) in [5.41, 5.74) is 6.57. The summed E-state index contributed by atoms with van der Waals surface area (Å²) in [6.07, 6.45) is 6.30. The fourth-order valence-electron chi connectivity index (χ4n) is 1.61. The molecular formula is C11H16N6. The van der Waals surface area contributed by atoms with Crippen LogP contribution in [0.5, 0.6) is 0 Å². The highest BCUT2D eigenvalue weighted by molar-refractivity contribution is 5.13. The number of pyridine rings is 1. The van der Waals surface area contributed by atoms with E-state index in [1.54, 1.807) is 6.20 Å². The minimum Gasteiger partial charge on any atom is -0.330 e. The van der Waals surface area contributed by atoms with Gasteiger partial charge in [-0.05, 0) is 41.4 Å². The fraction of sp³-hybridized carbons (Fsp3) is 0.455. The van der Waals surface area contributed by atoms with Crippen LogP contribution >= 0.6 is 0 Å². The Hall–Kier alpha value is -1.82. The molecule has 0 fully saturated rings. The van der Waals surface area contributed by atoms with Gasteiger partial charge in [-0.15, -0.1) is 5.10 Å². The minimum atomic E-state index is 0.708. The number of nitrogens with two attached hydrogens (primary N) is 1. The van der Waals surface area contributed by atoms with Crippen LogP contribution in [0.1, 0.15) is 24.2 Å². The number of aromatic nitrogens is 5. The quantitative estimate of drug-likeness (QED) is 0.729. The maximum atomic E-state index is 5.46. The number of nitrogens with zero attached hydrogens (tertiary/aromatic N) is 5. The lowest BCUT2D eigenvalue weighted by Crippen LogP contribution is -2.08. The number of hydrogen-bond donors (Lipinski definition) is 1. The molecular weight excluding hydrogens is 216 g/mol. The lowest BCUT2D eigenvalue weighted by molar-refractivity contribution is 0.529. The van der Waals surface area contributed by atoms with Crippen molar-refractivity contribution in [3.05, 3.63) is 35.9 Å². The van der Waals surface area contributed by atoms with E-state index in [1.807, 2.05) is 23.0 Å². The molecule has 2 heterocycles. The summed E-state index contributed by atoms with van der Waals surface area (Å²) in [5, 5.41) is 11.7. The van der Waals surface area contributed by atoms with Gasteiger partial charge in [0.25, 0.3) is 0 Å². The Kier molecular flexibility index (Phi) is 4.15. The SMILES string of the molecule is NCCCCn1nnnc1Cc1cccnc1. The van der Waals surface area contributed by atoms with Gasteiger partial charge in [0.1, 0.15) is 0 Å². The molecule has 0 atom stereocenters. The Morgan fingerprint density at radius 1 is 1.29 bits per heavy atom. The first-order valence-corrected chi connectivity index (χ1v) is 5.74. The zero-order valence-corrected chi connectivity index (χ0v) is 9.66. The monoisotopic (exact) mass is 232 g/mol. The predicted molar refractivity (Wildman–Crippen MR) is 63.1 cm³/mol. The molecule has 0 unspecified atom stereocenters. The molecule has 17 heavy (non-hydrogen) atoms. The van der Waals surface area contributed by atoms with Crippen LogP contribution in [-0.4, -0.2) is 31.7 Å². The topological polar surface area (TPSA) is 82.5 Å². The van der Waals surface area contributed by atoms with Gasteiger partial charge in [0.2, 0.25) is 0 Å². The Morgan fingerprint density at radius 2 is 2.24 bits per heavy atom. The van der Waals surface area contributed by atoms with Gasteiger partial charge in [-0.25, -0.2) is 4.68 Å². The van der Waals surface area contributed by atoms with E-state index in [4.69, 9.17) is 5.73 Å². The Bertz CT molecular complexity index is 438. The second-order valence-electron chi connectivity index (χ2n) is 3.85. The van der Waals surface area contributed by atoms with E-state index in [1.165, 1.54) is 0 Å². The second-order valence-corrected chi connectivity index (χ2v) is 3.85. The maximum absolute atomic E-state index is 5.46. The van der Waals surface area contributed by atoms with Crippen molar-refractivity contribution in [2.75, 3.05) is 6.54 Å². The van der Waals surface area contributed by atoms with Crippen molar-refractivity contribution in [1.29, 1.82) is 0 Å². The molecule has 0 spiro atoms. The summed E-state index contributed by atoms with van der Waals surface area (Å²) in [7, 11) is 0. The molecule has 6 heteroatoms. The van der Waals surface area contributed by atoms with Gasteiger partial charge in [-0.3, -0.25) is 4.98 Å². The summed E-state index contributed by atoms with van der Waals surface area (Å²) in [5.74, 6) is 0.870. The number of rotatable bonds is 6. The molecule has 2 aromatic heterocycles. The summed E-state index contributed by atoms with van der Waals surface area (Å²) >= 11 is 0. The molecule has 0 aromatic carbocycles. The van der Waals surface area contributed by atoms with Crippen LogP contribution in [0.25, 0.3) is 0 Å². The largest absolute Gasteiger partial charge is 0.330 e. The first kappa shape index (κ1) is 11.7. The van der Waals surface area contributed by atoms with Crippen molar-refractivity contribution >= 4 is 0 Å². The van der Waals surface area contributed by atoms with Crippen LogP contribution in [0.4, 0.5) is 0 Å². The average Bonchev–Trinajstić information content (AvgIpc) is 2.79. The molecule has 0 saturated heterocycles. The molecule has 2 aromatic rings. The van der Waals surface area contributed by atoms with Crippen LogP contribution in [0.2, 0.25) is 0 Å². The third kappa shape index (κ3) is 3.32. The van der Waals surface area contributed by atoms with Crippen LogP contribution in [0.3, 0.4) is 0 Å². The van der Waals surface area contributed by atoms with Crippen molar-refractivity contribution in [2.24, 2.45) is 5.73 Å². The van der Waals surface area contributed by atoms with E-state index in [2.05, 4.69) is 20.5 Å². The van der Waals surface area contributed by atoms with Crippen molar-refractivity contribution in [3.63, 3.8) is 0 Å². The summed E-state index contributed by atoms with van der Waals surface area (Å²) in [4.78, 5) is 4.08. The Labute approximate surface area is 99.9 Å². The summed E-state index contributed by atoms with van der Waals surface area (Å²) in [6.45, 7) is 1.53. The van der Waals surface area contributed by atoms with Crippen molar-refractivity contribution in [1.82, 2.24) is 25.2 Å². The van der Waals surface area contributed by atoms with E-state index < -0.39 is 0 Å². The highest BCUT2D eigenvalue weighted by Gasteiger charge is 2.06. The lowest BCUT2D eigenvalue weighted by atomic mass is 10.2. The third-order valence-electron chi connectivity index (χ3n) is 2.52. The first-order chi connectivity index (χ1) is 8.40. The number of unbranched alkanes of at least 4 members (excludes halogenated alkanes) is 1. The Balaban J connectivity index is 1.99. The Morgan fingerprint density at radius 3 is 3.00 bits per heavy atom. The molecule has 0 radical (unpaired) electrons. The molecule has 2 rings (SSSR count). The summed E-state index contributed by atoms with van der Waals surface area (Å²) in [6, 6.07) is 3.93. The van der Waals surface area contributed by atoms with Gasteiger partial charge in [0.05, 0.1) is 0 Å². The fourth-order valence-corrected chi connectivity index (χ4v) is 1.61. The number of hydrogen-bond acceptors (Lipinski definition) is 5. The molecule has 90 valence electrons. The third-order valence-corrected chi connectivity index (χ3v) is 2.52. The van der Waals surface area contributed by atoms with E-state index in [-0.39, 0.29) is 0 Å². The van der Waals surface area contributed by atoms with E-state index in [0.29, 0.717) is 13.0 Å². The van der Waals surface area contributed by atoms with Gasteiger partial charge in [0, 0.05) is 25.4 Å². The van der Waals surface area contributed by atoms with Crippen molar-refractivity contribution < 1.29 is 0 Å². The number of aryl methyl sites for hydroxylation is 1. The number of tetrazole rings is 1.